The Morgan fingerprint density at radius 3 is 2.17 bits per heavy atom. The second-order valence-corrected chi connectivity index (χ2v) is 8.19. The number of aryl methyl sites for hydroxylation is 1. The lowest BCUT2D eigenvalue weighted by molar-refractivity contribution is -0.138. The van der Waals surface area contributed by atoms with Crippen LogP contribution in [-0.4, -0.2) is 48.4 Å². The van der Waals surface area contributed by atoms with Crippen molar-refractivity contribution in [3.63, 3.8) is 0 Å². The highest BCUT2D eigenvalue weighted by molar-refractivity contribution is 5.93. The Morgan fingerprint density at radius 1 is 1.00 bits per heavy atom. The first-order valence-electron chi connectivity index (χ1n) is 10.5. The normalized spacial score (nSPS) is 11.9. The number of hydrogen-bond donors (Lipinski definition) is 0. The maximum Gasteiger partial charge on any atom is 0.263 e. The Labute approximate surface area is 180 Å². The lowest BCUT2D eigenvalue weighted by Gasteiger charge is -2.26. The molecule has 0 saturated carbocycles. The van der Waals surface area contributed by atoms with Crippen LogP contribution >= 0.6 is 0 Å². The van der Waals surface area contributed by atoms with Crippen molar-refractivity contribution >= 4 is 11.8 Å². The molecule has 0 fully saturated rings. The van der Waals surface area contributed by atoms with Gasteiger partial charge in [0, 0.05) is 32.7 Å². The molecule has 1 atom stereocenters. The Bertz CT molecular complexity index is 872. The molecule has 0 aliphatic carbocycles. The van der Waals surface area contributed by atoms with Gasteiger partial charge in [0.2, 0.25) is 0 Å². The lowest BCUT2D eigenvalue weighted by Crippen LogP contribution is -2.40. The molecule has 0 N–H and O–H groups in total. The van der Waals surface area contributed by atoms with Gasteiger partial charge in [-0.2, -0.15) is 0 Å². The first kappa shape index (κ1) is 23.5. The summed E-state index contributed by atoms with van der Waals surface area (Å²) in [6, 6.07) is 13.6. The third kappa shape index (κ3) is 5.85. The zero-order chi connectivity index (χ0) is 22.4. The number of ether oxygens (including phenoxy) is 1. The van der Waals surface area contributed by atoms with Crippen molar-refractivity contribution in [3.05, 3.63) is 64.7 Å². The van der Waals surface area contributed by atoms with Crippen molar-refractivity contribution in [2.24, 2.45) is 0 Å². The second-order valence-electron chi connectivity index (χ2n) is 8.19. The average Bonchev–Trinajstić information content (AvgIpc) is 2.72. The number of likely N-dealkylation sites (N-methyl/N-ethyl adjacent to an activating group) is 1. The first-order valence-corrected chi connectivity index (χ1v) is 10.5. The molecule has 5 nitrogen and oxygen atoms in total. The quantitative estimate of drug-likeness (QED) is 0.637. The smallest absolute Gasteiger partial charge is 0.263 e. The molecule has 162 valence electrons. The fourth-order valence-corrected chi connectivity index (χ4v) is 3.18. The molecule has 0 saturated heterocycles. The molecule has 2 rings (SSSR count). The van der Waals surface area contributed by atoms with Gasteiger partial charge in [0.1, 0.15) is 5.75 Å². The summed E-state index contributed by atoms with van der Waals surface area (Å²) < 4.78 is 6.05. The van der Waals surface area contributed by atoms with Gasteiger partial charge < -0.3 is 14.5 Å². The van der Waals surface area contributed by atoms with Gasteiger partial charge in [0.15, 0.2) is 6.10 Å². The third-order valence-electron chi connectivity index (χ3n) is 5.20. The molecule has 2 aromatic carbocycles. The van der Waals surface area contributed by atoms with E-state index in [1.54, 1.807) is 43.0 Å². The summed E-state index contributed by atoms with van der Waals surface area (Å²) in [6.45, 7) is 11.1. The maximum absolute atomic E-state index is 13.0. The van der Waals surface area contributed by atoms with Gasteiger partial charge in [-0.05, 0) is 61.6 Å². The average molecular weight is 411 g/mol. The number of hydrogen-bond acceptors (Lipinski definition) is 3. The fraction of sp³-hybridized carbons (Fsp3) is 0.440. The lowest BCUT2D eigenvalue weighted by atomic mass is 10.0. The summed E-state index contributed by atoms with van der Waals surface area (Å²) >= 11 is 0. The number of nitrogens with zero attached hydrogens (tertiary/aromatic N) is 2. The summed E-state index contributed by atoms with van der Waals surface area (Å²) in [5.41, 5.74) is 3.82. The zero-order valence-electron chi connectivity index (χ0n) is 19.2. The summed E-state index contributed by atoms with van der Waals surface area (Å²) in [4.78, 5) is 28.4. The van der Waals surface area contributed by atoms with Crippen molar-refractivity contribution in [2.75, 3.05) is 20.6 Å². The molecule has 0 radical (unpaired) electrons. The van der Waals surface area contributed by atoms with Crippen molar-refractivity contribution in [3.8, 4) is 5.75 Å². The third-order valence-corrected chi connectivity index (χ3v) is 5.20. The van der Waals surface area contributed by atoms with Gasteiger partial charge in [-0.25, -0.2) is 0 Å². The Morgan fingerprint density at radius 2 is 1.63 bits per heavy atom. The standard InChI is InChI=1S/C25H34N2O3/c1-8-27(16-20-10-13-21(14-11-20)25(29)26(6)7)24(28)19(5)30-23-15-22(17(2)3)12-9-18(23)4/h9-15,17,19H,8,16H2,1-7H3. The largest absolute Gasteiger partial charge is 0.481 e. The zero-order valence-corrected chi connectivity index (χ0v) is 19.2. The van der Waals surface area contributed by atoms with E-state index < -0.39 is 6.10 Å². The minimum atomic E-state index is -0.583. The van der Waals surface area contributed by atoms with Crippen LogP contribution in [0.4, 0.5) is 0 Å². The molecule has 30 heavy (non-hydrogen) atoms. The number of carbonyl (C=O) groups excluding carboxylic acids is 2. The van der Waals surface area contributed by atoms with Crippen molar-refractivity contribution in [2.45, 2.75) is 53.2 Å². The highest BCUT2D eigenvalue weighted by Crippen LogP contribution is 2.25. The molecule has 0 aromatic heterocycles. The van der Waals surface area contributed by atoms with E-state index in [-0.39, 0.29) is 11.8 Å². The van der Waals surface area contributed by atoms with Crippen LogP contribution in [-0.2, 0) is 11.3 Å². The predicted octanol–water partition coefficient (Wildman–Crippen LogP) is 4.64. The molecule has 0 bridgehead atoms. The summed E-state index contributed by atoms with van der Waals surface area (Å²) in [5, 5.41) is 0. The molecule has 0 heterocycles. The molecule has 0 aliphatic rings. The molecule has 2 amide bonds. The Hall–Kier alpha value is -2.82. The van der Waals surface area contributed by atoms with Gasteiger partial charge in [-0.1, -0.05) is 38.1 Å². The van der Waals surface area contributed by atoms with E-state index in [0.29, 0.717) is 24.6 Å². The summed E-state index contributed by atoms with van der Waals surface area (Å²) in [5.74, 6) is 1.06. The van der Waals surface area contributed by atoms with Crippen LogP contribution in [0, 0.1) is 6.92 Å². The molecule has 0 aliphatic heterocycles. The van der Waals surface area contributed by atoms with Gasteiger partial charge >= 0.3 is 0 Å². The van der Waals surface area contributed by atoms with Crippen LogP contribution < -0.4 is 4.74 Å². The number of carbonyl (C=O) groups is 2. The van der Waals surface area contributed by atoms with Gasteiger partial charge in [-0.15, -0.1) is 0 Å². The SMILES string of the molecule is CCN(Cc1ccc(C(=O)N(C)C)cc1)C(=O)C(C)Oc1cc(C(C)C)ccc1C. The van der Waals surface area contributed by atoms with E-state index >= 15 is 0 Å². The molecule has 1 unspecified atom stereocenters. The number of amides is 2. The van der Waals surface area contributed by atoms with E-state index in [9.17, 15) is 9.59 Å². The van der Waals surface area contributed by atoms with Crippen LogP contribution in [0.15, 0.2) is 42.5 Å². The molecular weight excluding hydrogens is 376 g/mol. The second kappa shape index (κ2) is 10.3. The predicted molar refractivity (Wildman–Crippen MR) is 121 cm³/mol. The first-order chi connectivity index (χ1) is 14.1. The van der Waals surface area contributed by atoms with Gasteiger partial charge in [0.25, 0.3) is 11.8 Å². The van der Waals surface area contributed by atoms with Crippen LogP contribution in [0.5, 0.6) is 5.75 Å². The van der Waals surface area contributed by atoms with Crippen LogP contribution in [0.3, 0.4) is 0 Å². The Balaban J connectivity index is 2.08. The van der Waals surface area contributed by atoms with Crippen LogP contribution in [0.25, 0.3) is 0 Å². The van der Waals surface area contributed by atoms with Crippen molar-refractivity contribution in [1.29, 1.82) is 0 Å². The topological polar surface area (TPSA) is 49.9 Å². The highest BCUT2D eigenvalue weighted by Gasteiger charge is 2.22. The monoisotopic (exact) mass is 410 g/mol. The van der Waals surface area contributed by atoms with Gasteiger partial charge in [-0.3, -0.25) is 9.59 Å². The maximum atomic E-state index is 13.0. The molecule has 2 aromatic rings. The minimum absolute atomic E-state index is 0.0361. The van der Waals surface area contributed by atoms with Gasteiger partial charge in [0.05, 0.1) is 0 Å². The molecule has 5 heteroatoms. The van der Waals surface area contributed by atoms with E-state index in [0.717, 1.165) is 16.9 Å². The fourth-order valence-electron chi connectivity index (χ4n) is 3.18. The minimum Gasteiger partial charge on any atom is -0.481 e. The van der Waals surface area contributed by atoms with E-state index in [4.69, 9.17) is 4.74 Å². The van der Waals surface area contributed by atoms with E-state index in [1.807, 2.05) is 38.1 Å². The van der Waals surface area contributed by atoms with E-state index in [2.05, 4.69) is 19.9 Å². The number of rotatable bonds is 8. The van der Waals surface area contributed by atoms with Crippen molar-refractivity contribution in [1.82, 2.24) is 9.80 Å². The highest BCUT2D eigenvalue weighted by atomic mass is 16.5. The van der Waals surface area contributed by atoms with Crippen LogP contribution in [0.2, 0.25) is 0 Å². The van der Waals surface area contributed by atoms with Crippen LogP contribution in [0.1, 0.15) is 60.7 Å². The molecular formula is C25H34N2O3. The summed E-state index contributed by atoms with van der Waals surface area (Å²) in [6.07, 6.45) is -0.583. The van der Waals surface area contributed by atoms with Crippen molar-refractivity contribution < 1.29 is 14.3 Å². The van der Waals surface area contributed by atoms with E-state index in [1.165, 1.54) is 5.56 Å². The molecule has 0 spiro atoms. The summed E-state index contributed by atoms with van der Waals surface area (Å²) in [7, 11) is 3.46. The number of benzene rings is 2. The Kier molecular flexibility index (Phi) is 8.04.